The van der Waals surface area contributed by atoms with Gasteiger partial charge in [-0.15, -0.1) is 13.2 Å². The van der Waals surface area contributed by atoms with Crippen molar-refractivity contribution in [3.05, 3.63) is 54.6 Å². The lowest BCUT2D eigenvalue weighted by atomic mass is 9.62. The number of carbonyl (C=O) groups is 3. The molecule has 1 spiro atoms. The lowest BCUT2D eigenvalue weighted by molar-refractivity contribution is -0.154. The number of hydrogen-bond acceptors (Lipinski definition) is 5. The van der Waals surface area contributed by atoms with Gasteiger partial charge in [-0.25, -0.2) is 0 Å². The number of likely N-dealkylation sites (tertiary alicyclic amines) is 1. The highest BCUT2D eigenvalue weighted by atomic mass is 16.5. The minimum atomic E-state index is -1.20. The number of rotatable bonds is 11. The molecule has 3 amide bonds. The Kier molecular flexibility index (Phi) is 8.59. The number of ether oxygens (including phenoxy) is 1. The summed E-state index contributed by atoms with van der Waals surface area (Å²) in [4.78, 5) is 48.4. The van der Waals surface area contributed by atoms with Crippen molar-refractivity contribution in [1.82, 2.24) is 9.80 Å². The van der Waals surface area contributed by atoms with Gasteiger partial charge < -0.3 is 24.5 Å². The Labute approximate surface area is 245 Å². The molecule has 0 aromatic heterocycles. The third-order valence-electron chi connectivity index (χ3n) is 10.1. The minimum absolute atomic E-state index is 0.0717. The Balaban J connectivity index is 1.93. The quantitative estimate of drug-likeness (QED) is 0.412. The van der Waals surface area contributed by atoms with Gasteiger partial charge in [0.05, 0.1) is 30.1 Å². The van der Waals surface area contributed by atoms with Crippen molar-refractivity contribution in [2.45, 2.75) is 77.7 Å². The zero-order valence-electron chi connectivity index (χ0n) is 25.7. The van der Waals surface area contributed by atoms with Crippen LogP contribution in [0.25, 0.3) is 0 Å². The third kappa shape index (κ3) is 4.63. The minimum Gasteiger partial charge on any atom is -0.394 e. The number of benzene rings is 1. The molecule has 1 N–H and O–H groups in total. The van der Waals surface area contributed by atoms with Gasteiger partial charge in [-0.2, -0.15) is 0 Å². The summed E-state index contributed by atoms with van der Waals surface area (Å²) in [5.74, 6) is -2.49. The number of aliphatic hydroxyl groups excluding tert-OH is 1. The summed E-state index contributed by atoms with van der Waals surface area (Å²) in [7, 11) is 1.71. The first-order valence-corrected chi connectivity index (χ1v) is 14.8. The van der Waals surface area contributed by atoms with Crippen LogP contribution in [0, 0.1) is 37.5 Å². The molecule has 0 saturated carbocycles. The van der Waals surface area contributed by atoms with Crippen LogP contribution < -0.4 is 4.90 Å². The maximum atomic E-state index is 14.9. The standard InChI is InChI=1S/C33H47N3O5/c1-10-15-34(9)29(38)26-27-30(39)36(25(19-37)21(5)12-3)28(33(27)18-23(7)32(26,8)41-33)31(40)35(16-11-2)24-17-20(4)13-14-22(24)6/h10-11,13-14,17,21,23,25-28,37H,1-2,12,15-16,18-19H2,3-9H3/t21-,23?,25-,26+,27-,28?,32-,33?/m0/s1. The van der Waals surface area contributed by atoms with E-state index in [-0.39, 0.29) is 42.7 Å². The van der Waals surface area contributed by atoms with E-state index >= 15 is 0 Å². The molecule has 8 nitrogen and oxygen atoms in total. The fourth-order valence-corrected chi connectivity index (χ4v) is 7.62. The maximum Gasteiger partial charge on any atom is 0.253 e. The molecule has 3 saturated heterocycles. The number of likely N-dealkylation sites (N-methyl/N-ethyl adjacent to an activating group) is 1. The summed E-state index contributed by atoms with van der Waals surface area (Å²) in [5, 5.41) is 10.6. The van der Waals surface area contributed by atoms with Crippen molar-refractivity contribution in [1.29, 1.82) is 0 Å². The molecule has 1 aromatic rings. The fraction of sp³-hybridized carbons (Fsp3) is 0.606. The van der Waals surface area contributed by atoms with Crippen molar-refractivity contribution < 1.29 is 24.2 Å². The summed E-state index contributed by atoms with van der Waals surface area (Å²) < 4.78 is 6.92. The summed E-state index contributed by atoms with van der Waals surface area (Å²) >= 11 is 0. The van der Waals surface area contributed by atoms with Gasteiger partial charge in [0.2, 0.25) is 11.8 Å². The van der Waals surface area contributed by atoms with E-state index in [2.05, 4.69) is 13.2 Å². The van der Waals surface area contributed by atoms with Gasteiger partial charge in [0, 0.05) is 25.8 Å². The summed E-state index contributed by atoms with van der Waals surface area (Å²) in [6.45, 7) is 19.9. The smallest absolute Gasteiger partial charge is 0.253 e. The number of aryl methyl sites for hydroxylation is 2. The van der Waals surface area contributed by atoms with Crippen molar-refractivity contribution in [3.8, 4) is 0 Å². The predicted molar refractivity (Wildman–Crippen MR) is 160 cm³/mol. The van der Waals surface area contributed by atoms with Crippen molar-refractivity contribution >= 4 is 23.4 Å². The molecule has 3 aliphatic rings. The first-order valence-electron chi connectivity index (χ1n) is 14.8. The number of aliphatic hydroxyl groups is 1. The lowest BCUT2D eigenvalue weighted by Crippen LogP contribution is -2.60. The Morgan fingerprint density at radius 2 is 1.88 bits per heavy atom. The van der Waals surface area contributed by atoms with E-state index in [0.29, 0.717) is 19.4 Å². The van der Waals surface area contributed by atoms with Crippen LogP contribution in [0.4, 0.5) is 5.69 Å². The first-order chi connectivity index (χ1) is 19.3. The Hall–Kier alpha value is -2.97. The van der Waals surface area contributed by atoms with E-state index in [9.17, 15) is 19.5 Å². The molecule has 8 heteroatoms. The zero-order chi connectivity index (χ0) is 30.4. The number of anilines is 1. The molecule has 4 rings (SSSR count). The highest BCUT2D eigenvalue weighted by molar-refractivity contribution is 6.05. The molecule has 3 heterocycles. The third-order valence-corrected chi connectivity index (χ3v) is 10.1. The van der Waals surface area contributed by atoms with Crippen molar-refractivity contribution in [2.24, 2.45) is 23.7 Å². The van der Waals surface area contributed by atoms with E-state index in [0.717, 1.165) is 16.8 Å². The topological polar surface area (TPSA) is 90.4 Å². The molecule has 3 unspecified atom stereocenters. The van der Waals surface area contributed by atoms with E-state index < -0.39 is 35.1 Å². The summed E-state index contributed by atoms with van der Waals surface area (Å²) in [5.41, 5.74) is 0.565. The molecule has 0 aliphatic carbocycles. The van der Waals surface area contributed by atoms with Gasteiger partial charge >= 0.3 is 0 Å². The van der Waals surface area contributed by atoms with Gasteiger partial charge in [-0.3, -0.25) is 14.4 Å². The van der Waals surface area contributed by atoms with Gasteiger partial charge in [0.15, 0.2) is 0 Å². The van der Waals surface area contributed by atoms with Crippen LogP contribution in [0.5, 0.6) is 0 Å². The predicted octanol–water partition coefficient (Wildman–Crippen LogP) is 3.88. The highest BCUT2D eigenvalue weighted by Crippen LogP contribution is 2.66. The Morgan fingerprint density at radius 1 is 1.22 bits per heavy atom. The number of fused-ring (bicyclic) bond motifs is 1. The zero-order valence-corrected chi connectivity index (χ0v) is 25.7. The molecule has 8 atom stereocenters. The fourth-order valence-electron chi connectivity index (χ4n) is 7.62. The molecular formula is C33H47N3O5. The number of carbonyl (C=O) groups excluding carboxylic acids is 3. The monoisotopic (exact) mass is 565 g/mol. The number of nitrogens with zero attached hydrogens (tertiary/aromatic N) is 3. The molecule has 2 bridgehead atoms. The number of amides is 3. The van der Waals surface area contributed by atoms with Gasteiger partial charge in [-0.05, 0) is 56.2 Å². The van der Waals surface area contributed by atoms with Crippen LogP contribution in [0.15, 0.2) is 43.5 Å². The second-order valence-corrected chi connectivity index (χ2v) is 12.6. The Bertz CT molecular complexity index is 1230. The maximum absolute atomic E-state index is 14.9. The second-order valence-electron chi connectivity index (χ2n) is 12.6. The van der Waals surface area contributed by atoms with Crippen LogP contribution in [0.2, 0.25) is 0 Å². The SMILES string of the molecule is C=CCN(C)C(=O)[C@H]1[C@H]2C(=O)N([C@@H](CO)[C@@H](C)CC)C(C(=O)N(CC=C)c3cc(C)ccc3C)C23CC(C)[C@]1(C)O3. The lowest BCUT2D eigenvalue weighted by Gasteiger charge is -2.41. The molecule has 224 valence electrons. The molecule has 1 aromatic carbocycles. The molecule has 3 aliphatic heterocycles. The van der Waals surface area contributed by atoms with E-state index in [1.54, 1.807) is 33.9 Å². The molecular weight excluding hydrogens is 518 g/mol. The van der Waals surface area contributed by atoms with E-state index in [1.807, 2.05) is 59.7 Å². The second kappa shape index (κ2) is 11.4. The highest BCUT2D eigenvalue weighted by Gasteiger charge is 2.80. The van der Waals surface area contributed by atoms with Crippen LogP contribution >= 0.6 is 0 Å². The van der Waals surface area contributed by atoms with Gasteiger partial charge in [-0.1, -0.05) is 51.5 Å². The van der Waals surface area contributed by atoms with Crippen molar-refractivity contribution in [3.63, 3.8) is 0 Å². The van der Waals surface area contributed by atoms with Crippen LogP contribution in [0.3, 0.4) is 0 Å². The van der Waals surface area contributed by atoms with Crippen LogP contribution in [-0.2, 0) is 19.1 Å². The molecule has 41 heavy (non-hydrogen) atoms. The normalized spacial score (nSPS) is 31.5. The van der Waals surface area contributed by atoms with Crippen molar-refractivity contribution in [2.75, 3.05) is 31.6 Å². The van der Waals surface area contributed by atoms with Gasteiger partial charge in [0.25, 0.3) is 5.91 Å². The summed E-state index contributed by atoms with van der Waals surface area (Å²) in [6.07, 6.45) is 4.52. The van der Waals surface area contributed by atoms with Gasteiger partial charge in [0.1, 0.15) is 11.6 Å². The first kappa shape index (κ1) is 31.0. The average molecular weight is 566 g/mol. The largest absolute Gasteiger partial charge is 0.394 e. The summed E-state index contributed by atoms with van der Waals surface area (Å²) in [6, 6.07) is 4.35. The molecule has 0 radical (unpaired) electrons. The van der Waals surface area contributed by atoms with E-state index in [1.165, 1.54) is 0 Å². The average Bonchev–Trinajstić information content (AvgIpc) is 3.45. The van der Waals surface area contributed by atoms with Crippen LogP contribution in [-0.4, -0.2) is 82.7 Å². The van der Waals surface area contributed by atoms with E-state index in [4.69, 9.17) is 4.74 Å². The Morgan fingerprint density at radius 3 is 2.46 bits per heavy atom. The number of hydrogen-bond donors (Lipinski definition) is 1. The van der Waals surface area contributed by atoms with Crippen LogP contribution in [0.1, 0.15) is 51.7 Å². The molecule has 3 fully saturated rings.